The van der Waals surface area contributed by atoms with E-state index in [2.05, 4.69) is 20.1 Å². The van der Waals surface area contributed by atoms with Gasteiger partial charge >= 0.3 is 6.18 Å². The number of pyridine rings is 1. The molecule has 0 fully saturated rings. The van der Waals surface area contributed by atoms with Crippen LogP contribution in [0.5, 0.6) is 0 Å². The molecule has 0 atom stereocenters. The lowest BCUT2D eigenvalue weighted by Crippen LogP contribution is -2.05. The molecule has 41 heavy (non-hydrogen) atoms. The van der Waals surface area contributed by atoms with Gasteiger partial charge in [0.1, 0.15) is 11.5 Å². The van der Waals surface area contributed by atoms with Gasteiger partial charge in [0, 0.05) is 29.6 Å². The number of benzene rings is 2. The lowest BCUT2D eigenvalue weighted by Gasteiger charge is -2.10. The standard InChI is InChI=1S/C27H19F6N5O.C2H6/c1-14(2)38-13-22(27(31,32)33)35-25(38)21-10-8-16(12-34-21)24-36-26(39-37-24)19-11-15(7-9-20(19)28)17-5-3-4-6-18(17)23(29)30;1-2/h3-14,23H,1-2H3;1-2H3. The van der Waals surface area contributed by atoms with Crippen LogP contribution in [-0.4, -0.2) is 24.7 Å². The lowest BCUT2D eigenvalue weighted by atomic mass is 9.98. The summed E-state index contributed by atoms with van der Waals surface area (Å²) in [4.78, 5) is 12.2. The van der Waals surface area contributed by atoms with Gasteiger partial charge in [-0.2, -0.15) is 18.2 Å². The van der Waals surface area contributed by atoms with Crippen LogP contribution in [0.4, 0.5) is 26.3 Å². The minimum absolute atomic E-state index is 0.0423. The summed E-state index contributed by atoms with van der Waals surface area (Å²) in [6, 6.07) is 12.4. The molecule has 0 radical (unpaired) electrons. The molecule has 0 aliphatic heterocycles. The monoisotopic (exact) mass is 573 g/mol. The van der Waals surface area contributed by atoms with Crippen molar-refractivity contribution >= 4 is 0 Å². The van der Waals surface area contributed by atoms with E-state index in [4.69, 9.17) is 4.52 Å². The van der Waals surface area contributed by atoms with Crippen molar-refractivity contribution in [1.82, 2.24) is 24.7 Å². The molecule has 0 saturated carbocycles. The Morgan fingerprint density at radius 1 is 0.878 bits per heavy atom. The van der Waals surface area contributed by atoms with Gasteiger partial charge in [-0.1, -0.05) is 49.3 Å². The number of nitrogens with zero attached hydrogens (tertiary/aromatic N) is 5. The predicted octanol–water partition coefficient (Wildman–Crippen LogP) is 9.03. The third kappa shape index (κ3) is 6.16. The first-order valence-electron chi connectivity index (χ1n) is 12.7. The fraction of sp³-hybridized carbons (Fsp3) is 0.241. The van der Waals surface area contributed by atoms with Gasteiger partial charge in [-0.15, -0.1) is 0 Å². The van der Waals surface area contributed by atoms with Crippen molar-refractivity contribution in [2.24, 2.45) is 0 Å². The van der Waals surface area contributed by atoms with E-state index >= 15 is 0 Å². The average molecular weight is 574 g/mol. The summed E-state index contributed by atoms with van der Waals surface area (Å²) in [6.07, 6.45) is -5.06. The normalized spacial score (nSPS) is 11.6. The van der Waals surface area contributed by atoms with Gasteiger partial charge in [0.2, 0.25) is 5.82 Å². The maximum Gasteiger partial charge on any atom is 0.434 e. The van der Waals surface area contributed by atoms with E-state index in [9.17, 15) is 26.3 Å². The van der Waals surface area contributed by atoms with E-state index in [0.29, 0.717) is 11.1 Å². The molecular weight excluding hydrogens is 548 g/mol. The summed E-state index contributed by atoms with van der Waals surface area (Å²) in [7, 11) is 0. The maximum absolute atomic E-state index is 14.7. The van der Waals surface area contributed by atoms with Crippen LogP contribution in [0.2, 0.25) is 0 Å². The molecule has 0 N–H and O–H groups in total. The maximum atomic E-state index is 14.7. The molecule has 0 unspecified atom stereocenters. The molecule has 2 aromatic carbocycles. The first-order valence-corrected chi connectivity index (χ1v) is 12.7. The largest absolute Gasteiger partial charge is 0.434 e. The van der Waals surface area contributed by atoms with E-state index in [1.165, 1.54) is 53.2 Å². The Labute approximate surface area is 231 Å². The zero-order chi connectivity index (χ0) is 29.9. The molecule has 0 aliphatic carbocycles. The molecule has 5 aromatic rings. The summed E-state index contributed by atoms with van der Waals surface area (Å²) in [5.41, 5.74) is -0.185. The van der Waals surface area contributed by atoms with Crippen LogP contribution in [0.15, 0.2) is 71.5 Å². The molecule has 0 amide bonds. The first kappa shape index (κ1) is 29.5. The van der Waals surface area contributed by atoms with Gasteiger partial charge < -0.3 is 9.09 Å². The number of hydrogen-bond acceptors (Lipinski definition) is 5. The summed E-state index contributed by atoms with van der Waals surface area (Å²) in [5.74, 6) is -0.795. The number of rotatable bonds is 6. The molecule has 5 rings (SSSR count). The molecule has 214 valence electrons. The average Bonchev–Trinajstić information content (AvgIpc) is 3.63. The Morgan fingerprint density at radius 2 is 1.59 bits per heavy atom. The Bertz CT molecular complexity index is 1620. The van der Waals surface area contributed by atoms with Crippen LogP contribution < -0.4 is 0 Å². The van der Waals surface area contributed by atoms with Crippen molar-refractivity contribution in [3.05, 3.63) is 84.1 Å². The van der Waals surface area contributed by atoms with Crippen LogP contribution in [0.1, 0.15) is 51.4 Å². The minimum Gasteiger partial charge on any atom is -0.334 e. The highest BCUT2D eigenvalue weighted by Gasteiger charge is 2.35. The molecule has 12 heteroatoms. The van der Waals surface area contributed by atoms with Crippen molar-refractivity contribution in [2.75, 3.05) is 0 Å². The van der Waals surface area contributed by atoms with Crippen molar-refractivity contribution < 1.29 is 30.9 Å². The number of halogens is 6. The quantitative estimate of drug-likeness (QED) is 0.190. The molecular formula is C29H25F6N5O. The molecule has 0 aliphatic rings. The second-order valence-electron chi connectivity index (χ2n) is 8.89. The van der Waals surface area contributed by atoms with Gasteiger partial charge in [0.15, 0.2) is 11.5 Å². The summed E-state index contributed by atoms with van der Waals surface area (Å²) in [6.45, 7) is 7.45. The Morgan fingerprint density at radius 3 is 2.22 bits per heavy atom. The van der Waals surface area contributed by atoms with Crippen molar-refractivity contribution in [3.63, 3.8) is 0 Å². The second kappa shape index (κ2) is 11.9. The summed E-state index contributed by atoms with van der Waals surface area (Å²) in [5, 5.41) is 3.85. The van der Waals surface area contributed by atoms with Crippen LogP contribution in [-0.2, 0) is 6.18 Å². The highest BCUT2D eigenvalue weighted by Crippen LogP contribution is 2.35. The zero-order valence-electron chi connectivity index (χ0n) is 22.4. The minimum atomic E-state index is -4.61. The fourth-order valence-corrected chi connectivity index (χ4v) is 4.03. The third-order valence-electron chi connectivity index (χ3n) is 5.96. The molecule has 0 saturated heterocycles. The zero-order valence-corrected chi connectivity index (χ0v) is 22.4. The van der Waals surface area contributed by atoms with E-state index in [1.807, 2.05) is 13.8 Å². The van der Waals surface area contributed by atoms with Crippen LogP contribution in [0.3, 0.4) is 0 Å². The highest BCUT2D eigenvalue weighted by atomic mass is 19.4. The summed E-state index contributed by atoms with van der Waals surface area (Å²) < 4.78 is 87.9. The Balaban J connectivity index is 0.00000189. The van der Waals surface area contributed by atoms with E-state index in [0.717, 1.165) is 12.3 Å². The third-order valence-corrected chi connectivity index (χ3v) is 5.96. The van der Waals surface area contributed by atoms with Gasteiger partial charge in [0.25, 0.3) is 12.3 Å². The smallest absolute Gasteiger partial charge is 0.334 e. The van der Waals surface area contributed by atoms with Crippen molar-refractivity contribution in [1.29, 1.82) is 0 Å². The van der Waals surface area contributed by atoms with E-state index in [-0.39, 0.29) is 46.0 Å². The first-order chi connectivity index (χ1) is 19.5. The van der Waals surface area contributed by atoms with Gasteiger partial charge in [0.05, 0.1) is 5.56 Å². The molecule has 6 nitrogen and oxygen atoms in total. The second-order valence-corrected chi connectivity index (χ2v) is 8.89. The molecule has 0 bridgehead atoms. The summed E-state index contributed by atoms with van der Waals surface area (Å²) >= 11 is 0. The topological polar surface area (TPSA) is 69.6 Å². The Kier molecular flexibility index (Phi) is 8.60. The van der Waals surface area contributed by atoms with Gasteiger partial charge in [-0.3, -0.25) is 4.98 Å². The van der Waals surface area contributed by atoms with Crippen LogP contribution in [0, 0.1) is 5.82 Å². The Hall–Kier alpha value is -4.48. The SMILES string of the molecule is CC.CC(C)n1cc(C(F)(F)F)nc1-c1ccc(-c2noc(-c3cc(-c4ccccc4C(F)F)ccc3F)n2)cn1. The number of aromatic nitrogens is 5. The lowest BCUT2D eigenvalue weighted by molar-refractivity contribution is -0.140. The van der Waals surface area contributed by atoms with Crippen molar-refractivity contribution in [2.45, 2.75) is 46.3 Å². The number of imidazole rings is 1. The molecule has 3 heterocycles. The van der Waals surface area contributed by atoms with Gasteiger partial charge in [-0.25, -0.2) is 18.2 Å². The number of alkyl halides is 5. The predicted molar refractivity (Wildman–Crippen MR) is 141 cm³/mol. The van der Waals surface area contributed by atoms with Crippen LogP contribution >= 0.6 is 0 Å². The highest BCUT2D eigenvalue weighted by molar-refractivity contribution is 5.73. The van der Waals surface area contributed by atoms with Crippen LogP contribution in [0.25, 0.3) is 45.5 Å². The van der Waals surface area contributed by atoms with Gasteiger partial charge in [-0.05, 0) is 49.2 Å². The fourth-order valence-electron chi connectivity index (χ4n) is 4.03. The van der Waals surface area contributed by atoms with E-state index < -0.39 is 24.1 Å². The molecule has 0 spiro atoms. The van der Waals surface area contributed by atoms with E-state index in [1.54, 1.807) is 19.9 Å². The van der Waals surface area contributed by atoms with Crippen molar-refractivity contribution in [3.8, 4) is 45.5 Å². The molecule has 3 aromatic heterocycles. The number of hydrogen-bond donors (Lipinski definition) is 0.